The van der Waals surface area contributed by atoms with Crippen LogP contribution >= 0.6 is 0 Å². The summed E-state index contributed by atoms with van der Waals surface area (Å²) < 4.78 is 1.20. The van der Waals surface area contributed by atoms with E-state index in [1.165, 1.54) is 4.57 Å². The molecule has 0 bridgehead atoms. The van der Waals surface area contributed by atoms with Crippen LogP contribution in [-0.4, -0.2) is 25.4 Å². The van der Waals surface area contributed by atoms with Crippen molar-refractivity contribution in [2.24, 2.45) is 5.10 Å². The Morgan fingerprint density at radius 3 is 2.93 bits per heavy atom. The van der Waals surface area contributed by atoms with Crippen molar-refractivity contribution in [2.45, 2.75) is 38.8 Å². The largest absolute Gasteiger partial charge is 0.494 e. The van der Waals surface area contributed by atoms with Gasteiger partial charge in [-0.1, -0.05) is 31.5 Å². The van der Waals surface area contributed by atoms with Crippen LogP contribution in [-0.2, 0) is 6.54 Å². The molecule has 0 spiro atoms. The maximum atomic E-state index is 12.3. The summed E-state index contributed by atoms with van der Waals surface area (Å²) in [6.45, 7) is 2.34. The van der Waals surface area contributed by atoms with Crippen LogP contribution in [0.4, 0.5) is 0 Å². The second-order valence-corrected chi connectivity index (χ2v) is 6.70. The Morgan fingerprint density at radius 2 is 2.11 bits per heavy atom. The number of hydrogen-bond acceptors (Lipinski definition) is 5. The molecule has 3 heterocycles. The minimum absolute atomic E-state index is 0.0561. The summed E-state index contributed by atoms with van der Waals surface area (Å²) in [7, 11) is 0. The van der Waals surface area contributed by atoms with Crippen molar-refractivity contribution in [3.05, 3.63) is 62.4 Å². The Morgan fingerprint density at radius 1 is 1.30 bits per heavy atom. The number of fused-ring (bicyclic) bond motifs is 1. The van der Waals surface area contributed by atoms with Crippen LogP contribution in [0.1, 0.15) is 43.4 Å². The molecule has 1 aliphatic rings. The van der Waals surface area contributed by atoms with Gasteiger partial charge in [-0.3, -0.25) is 14.3 Å². The smallest absolute Gasteiger partial charge is 0.331 e. The number of benzene rings is 1. The Bertz CT molecular complexity index is 1140. The van der Waals surface area contributed by atoms with Gasteiger partial charge in [-0.25, -0.2) is 4.79 Å². The van der Waals surface area contributed by atoms with E-state index in [1.807, 2.05) is 37.4 Å². The summed E-state index contributed by atoms with van der Waals surface area (Å²) in [5.41, 5.74) is 4.39. The lowest BCUT2D eigenvalue weighted by Crippen LogP contribution is -2.33. The predicted octanol–water partition coefficient (Wildman–Crippen LogP) is 1.96. The number of aromatic amines is 2. The van der Waals surface area contributed by atoms with Crippen molar-refractivity contribution in [1.29, 1.82) is 0 Å². The first-order chi connectivity index (χ1) is 13.1. The number of H-pyrrole nitrogens is 2. The van der Waals surface area contributed by atoms with Gasteiger partial charge < -0.3 is 15.5 Å². The zero-order valence-electron chi connectivity index (χ0n) is 15.0. The fraction of sp³-hybridized carbons (Fsp3) is 0.316. The first-order valence-electron chi connectivity index (χ1n) is 9.04. The van der Waals surface area contributed by atoms with Crippen molar-refractivity contribution < 1.29 is 5.11 Å². The summed E-state index contributed by atoms with van der Waals surface area (Å²) in [4.78, 5) is 29.9. The van der Waals surface area contributed by atoms with Gasteiger partial charge in [0, 0.05) is 35.6 Å². The SMILES string of the molecule is CCCCn1c(O)c(C2=NNC(c3c[nH]c4ccccc34)C2)c(=O)[nH]c1=O. The van der Waals surface area contributed by atoms with E-state index in [2.05, 4.69) is 20.5 Å². The average Bonchev–Trinajstić information content (AvgIpc) is 3.28. The number of aromatic hydroxyl groups is 1. The van der Waals surface area contributed by atoms with Crippen LogP contribution in [0.25, 0.3) is 10.9 Å². The third kappa shape index (κ3) is 2.92. The number of nitrogens with zero attached hydrogens (tertiary/aromatic N) is 2. The molecule has 0 saturated heterocycles. The molecule has 2 aromatic heterocycles. The molecule has 1 aromatic carbocycles. The van der Waals surface area contributed by atoms with Gasteiger partial charge in [0.15, 0.2) is 0 Å². The maximum absolute atomic E-state index is 12.3. The molecular formula is C19H21N5O3. The van der Waals surface area contributed by atoms with E-state index < -0.39 is 11.2 Å². The Hall–Kier alpha value is -3.29. The first kappa shape index (κ1) is 17.1. The third-order valence-corrected chi connectivity index (χ3v) is 4.95. The number of para-hydroxylation sites is 1. The fourth-order valence-electron chi connectivity index (χ4n) is 3.50. The lowest BCUT2D eigenvalue weighted by atomic mass is 9.99. The standard InChI is InChI=1S/C19H21N5O3/c1-2-3-8-24-18(26)16(17(25)21-19(24)27)15-9-14(22-23-15)12-10-20-13-7-5-4-6-11(12)13/h4-7,10,14,20,22,26H,2-3,8-9H2,1H3,(H,21,25,27). The van der Waals surface area contributed by atoms with Crippen LogP contribution in [0.15, 0.2) is 45.2 Å². The van der Waals surface area contributed by atoms with Crippen LogP contribution in [0, 0.1) is 0 Å². The normalized spacial score (nSPS) is 16.5. The van der Waals surface area contributed by atoms with Gasteiger partial charge in [0.1, 0.15) is 5.56 Å². The molecule has 0 aliphatic carbocycles. The molecule has 0 saturated carbocycles. The molecule has 27 heavy (non-hydrogen) atoms. The summed E-state index contributed by atoms with van der Waals surface area (Å²) in [5.74, 6) is -0.322. The van der Waals surface area contributed by atoms with Gasteiger partial charge in [0.05, 0.1) is 11.8 Å². The minimum atomic E-state index is -0.620. The van der Waals surface area contributed by atoms with E-state index in [0.717, 1.165) is 29.3 Å². The molecule has 4 rings (SSSR count). The number of nitrogens with one attached hydrogen (secondary N) is 3. The lowest BCUT2D eigenvalue weighted by Gasteiger charge is -2.11. The highest BCUT2D eigenvalue weighted by Crippen LogP contribution is 2.30. The average molecular weight is 367 g/mol. The molecule has 0 fully saturated rings. The molecule has 0 radical (unpaired) electrons. The zero-order chi connectivity index (χ0) is 19.0. The predicted molar refractivity (Wildman–Crippen MR) is 103 cm³/mol. The van der Waals surface area contributed by atoms with Crippen LogP contribution < -0.4 is 16.7 Å². The highest BCUT2D eigenvalue weighted by atomic mass is 16.3. The number of hydrogen-bond donors (Lipinski definition) is 4. The van der Waals surface area contributed by atoms with E-state index in [9.17, 15) is 14.7 Å². The summed E-state index contributed by atoms with van der Waals surface area (Å²) >= 11 is 0. The topological polar surface area (TPSA) is 115 Å². The molecule has 8 heteroatoms. The van der Waals surface area contributed by atoms with Crippen molar-refractivity contribution in [1.82, 2.24) is 20.0 Å². The van der Waals surface area contributed by atoms with Crippen LogP contribution in [0.3, 0.4) is 0 Å². The molecule has 1 unspecified atom stereocenters. The molecule has 1 aliphatic heterocycles. The van der Waals surface area contributed by atoms with E-state index in [1.54, 1.807) is 0 Å². The molecule has 8 nitrogen and oxygen atoms in total. The van der Waals surface area contributed by atoms with Gasteiger partial charge >= 0.3 is 5.69 Å². The number of aromatic nitrogens is 3. The monoisotopic (exact) mass is 367 g/mol. The van der Waals surface area contributed by atoms with Gasteiger partial charge in [0.25, 0.3) is 5.56 Å². The second kappa shape index (κ2) is 6.79. The molecule has 140 valence electrons. The van der Waals surface area contributed by atoms with Gasteiger partial charge in [-0.05, 0) is 12.5 Å². The Balaban J connectivity index is 1.68. The maximum Gasteiger partial charge on any atom is 0.331 e. The van der Waals surface area contributed by atoms with E-state index in [0.29, 0.717) is 18.7 Å². The highest BCUT2D eigenvalue weighted by Gasteiger charge is 2.28. The quantitative estimate of drug-likeness (QED) is 0.552. The number of hydrazone groups is 1. The summed E-state index contributed by atoms with van der Waals surface area (Å²) in [6.07, 6.45) is 3.95. The van der Waals surface area contributed by atoms with Crippen LogP contribution in [0.2, 0.25) is 0 Å². The lowest BCUT2D eigenvalue weighted by molar-refractivity contribution is 0.394. The minimum Gasteiger partial charge on any atom is -0.494 e. The zero-order valence-corrected chi connectivity index (χ0v) is 15.0. The Labute approximate surface area is 154 Å². The van der Waals surface area contributed by atoms with E-state index >= 15 is 0 Å². The van der Waals surface area contributed by atoms with E-state index in [-0.39, 0.29) is 17.5 Å². The molecule has 3 aromatic rings. The van der Waals surface area contributed by atoms with Gasteiger partial charge in [-0.15, -0.1) is 0 Å². The molecule has 4 N–H and O–H groups in total. The Kier molecular flexibility index (Phi) is 4.31. The second-order valence-electron chi connectivity index (χ2n) is 6.70. The number of unbranched alkanes of at least 4 members (excludes halogenated alkanes) is 1. The summed E-state index contributed by atoms with van der Waals surface area (Å²) in [6, 6.07) is 7.83. The van der Waals surface area contributed by atoms with Crippen LogP contribution in [0.5, 0.6) is 5.88 Å². The highest BCUT2D eigenvalue weighted by molar-refractivity contribution is 6.03. The number of rotatable bonds is 5. The van der Waals surface area contributed by atoms with Crippen molar-refractivity contribution in [3.63, 3.8) is 0 Å². The van der Waals surface area contributed by atoms with E-state index in [4.69, 9.17) is 0 Å². The van der Waals surface area contributed by atoms with Gasteiger partial charge in [0.2, 0.25) is 5.88 Å². The van der Waals surface area contributed by atoms with Gasteiger partial charge in [-0.2, -0.15) is 5.10 Å². The first-order valence-corrected chi connectivity index (χ1v) is 9.04. The molecule has 1 atom stereocenters. The summed E-state index contributed by atoms with van der Waals surface area (Å²) in [5, 5.41) is 15.9. The van der Waals surface area contributed by atoms with Crippen molar-refractivity contribution >= 4 is 16.6 Å². The third-order valence-electron chi connectivity index (χ3n) is 4.95. The molecular weight excluding hydrogens is 346 g/mol. The fourth-order valence-corrected chi connectivity index (χ4v) is 3.50. The molecule has 0 amide bonds. The van der Waals surface area contributed by atoms with Crippen molar-refractivity contribution in [2.75, 3.05) is 0 Å². The van der Waals surface area contributed by atoms with Crippen molar-refractivity contribution in [3.8, 4) is 5.88 Å².